The van der Waals surface area contributed by atoms with Crippen LogP contribution in [0.1, 0.15) is 17.0 Å². The molecule has 0 spiro atoms. The summed E-state index contributed by atoms with van der Waals surface area (Å²) in [5, 5.41) is 10.1. The molecule has 10 heteroatoms. The largest absolute Gasteiger partial charge is 0.454 e. The molecule has 0 saturated carbocycles. The van der Waals surface area contributed by atoms with Gasteiger partial charge in [0.1, 0.15) is 0 Å². The number of hydrogen-bond donors (Lipinski definition) is 3. The fraction of sp³-hybridized carbons (Fsp3) is 0.182. The van der Waals surface area contributed by atoms with Gasteiger partial charge in [-0.25, -0.2) is 15.0 Å². The van der Waals surface area contributed by atoms with Crippen LogP contribution in [0, 0.1) is 13.8 Å². The molecule has 32 heavy (non-hydrogen) atoms. The maximum absolute atomic E-state index is 6.22. The van der Waals surface area contributed by atoms with Crippen molar-refractivity contribution in [3.63, 3.8) is 0 Å². The molecule has 3 aromatic rings. The highest BCUT2D eigenvalue weighted by atomic mass is 35.5. The zero-order chi connectivity index (χ0) is 22.5. The summed E-state index contributed by atoms with van der Waals surface area (Å²) in [5.41, 5.74) is 3.31. The van der Waals surface area contributed by atoms with E-state index in [4.69, 9.17) is 33.3 Å². The van der Waals surface area contributed by atoms with E-state index in [1.807, 2.05) is 56.3 Å². The maximum atomic E-state index is 6.22. The molecule has 0 radical (unpaired) electrons. The Morgan fingerprint density at radius 1 is 1.03 bits per heavy atom. The Kier molecular flexibility index (Phi) is 6.67. The van der Waals surface area contributed by atoms with Crippen molar-refractivity contribution < 1.29 is 9.47 Å². The van der Waals surface area contributed by atoms with Crippen LogP contribution in [-0.2, 0) is 6.54 Å². The van der Waals surface area contributed by atoms with Gasteiger partial charge in [0, 0.05) is 11.4 Å². The fourth-order valence-corrected chi connectivity index (χ4v) is 3.42. The minimum absolute atomic E-state index is 0.225. The van der Waals surface area contributed by atoms with Crippen molar-refractivity contribution in [2.45, 2.75) is 20.4 Å². The van der Waals surface area contributed by atoms with E-state index >= 15 is 0 Å². The molecule has 164 valence electrons. The molecule has 0 saturated heterocycles. The molecule has 0 atom stereocenters. The standard InChI is InChI=1S/C22H21ClN6O2S/c1-13-9-14(2)26-21(25-13)28-20(29-22(32)27-17-6-4-3-5-16(17)23)24-11-15-7-8-18-19(10-15)31-12-30-18/h3-10H,11-12H2,1-2H3,(H3,24,25,26,27,28,29,32). The minimum atomic E-state index is 0.225. The first-order chi connectivity index (χ1) is 15.5. The lowest BCUT2D eigenvalue weighted by atomic mass is 10.2. The zero-order valence-corrected chi connectivity index (χ0v) is 19.0. The quantitative estimate of drug-likeness (QED) is 0.294. The number of guanidine groups is 1. The number of fused-ring (bicyclic) bond motifs is 1. The average molecular weight is 469 g/mol. The minimum Gasteiger partial charge on any atom is -0.454 e. The van der Waals surface area contributed by atoms with Gasteiger partial charge < -0.3 is 20.1 Å². The van der Waals surface area contributed by atoms with Crippen molar-refractivity contribution in [3.05, 3.63) is 70.5 Å². The van der Waals surface area contributed by atoms with Crippen LogP contribution in [-0.4, -0.2) is 27.8 Å². The van der Waals surface area contributed by atoms with Gasteiger partial charge in [0.15, 0.2) is 16.6 Å². The summed E-state index contributed by atoms with van der Waals surface area (Å²) < 4.78 is 10.8. The van der Waals surface area contributed by atoms with Gasteiger partial charge in [-0.1, -0.05) is 29.8 Å². The molecule has 1 aromatic heterocycles. The van der Waals surface area contributed by atoms with Crippen LogP contribution < -0.4 is 25.4 Å². The summed E-state index contributed by atoms with van der Waals surface area (Å²) in [5.74, 6) is 2.23. The van der Waals surface area contributed by atoms with Gasteiger partial charge in [0.2, 0.25) is 18.7 Å². The Bertz CT molecular complexity index is 1170. The smallest absolute Gasteiger partial charge is 0.231 e. The second-order valence-corrected chi connectivity index (χ2v) is 7.83. The third kappa shape index (κ3) is 5.63. The SMILES string of the molecule is Cc1cc(C)nc(NC(=NCc2ccc3c(c2)OCO3)NC(=S)Nc2ccccc2Cl)n1. The molecule has 0 unspecified atom stereocenters. The van der Waals surface area contributed by atoms with Gasteiger partial charge in [-0.3, -0.25) is 5.32 Å². The molecule has 4 rings (SSSR count). The Morgan fingerprint density at radius 2 is 1.78 bits per heavy atom. The highest BCUT2D eigenvalue weighted by Gasteiger charge is 2.13. The molecule has 2 heterocycles. The molecule has 0 fully saturated rings. The highest BCUT2D eigenvalue weighted by molar-refractivity contribution is 7.80. The summed E-state index contributed by atoms with van der Waals surface area (Å²) in [6, 6.07) is 14.9. The molecule has 1 aliphatic rings. The molecular formula is C22H21ClN6O2S. The van der Waals surface area contributed by atoms with Crippen molar-refractivity contribution in [1.82, 2.24) is 15.3 Å². The van der Waals surface area contributed by atoms with Gasteiger partial charge in [0.25, 0.3) is 0 Å². The molecule has 8 nitrogen and oxygen atoms in total. The first-order valence-electron chi connectivity index (χ1n) is 9.81. The molecule has 0 amide bonds. The number of para-hydroxylation sites is 1. The van der Waals surface area contributed by atoms with E-state index in [1.165, 1.54) is 0 Å². The van der Waals surface area contributed by atoms with Crippen molar-refractivity contribution in [3.8, 4) is 11.5 Å². The molecule has 1 aliphatic heterocycles. The number of ether oxygens (including phenoxy) is 2. The summed E-state index contributed by atoms with van der Waals surface area (Å²) in [4.78, 5) is 13.5. The van der Waals surface area contributed by atoms with E-state index in [-0.39, 0.29) is 6.79 Å². The monoisotopic (exact) mass is 468 g/mol. The Morgan fingerprint density at radius 3 is 2.56 bits per heavy atom. The highest BCUT2D eigenvalue weighted by Crippen LogP contribution is 2.32. The van der Waals surface area contributed by atoms with Crippen LogP contribution in [0.3, 0.4) is 0 Å². The number of aryl methyl sites for hydroxylation is 2. The van der Waals surface area contributed by atoms with E-state index in [9.17, 15) is 0 Å². The first-order valence-corrected chi connectivity index (χ1v) is 10.6. The van der Waals surface area contributed by atoms with E-state index in [0.29, 0.717) is 40.0 Å². The van der Waals surface area contributed by atoms with Crippen LogP contribution in [0.25, 0.3) is 0 Å². The number of nitrogens with zero attached hydrogens (tertiary/aromatic N) is 3. The van der Waals surface area contributed by atoms with Crippen LogP contribution >= 0.6 is 23.8 Å². The van der Waals surface area contributed by atoms with Gasteiger partial charge >= 0.3 is 0 Å². The summed E-state index contributed by atoms with van der Waals surface area (Å²) in [6.07, 6.45) is 0. The Labute approximate surface area is 196 Å². The number of aliphatic imine (C=N–C) groups is 1. The van der Waals surface area contributed by atoms with Crippen molar-refractivity contribution in [1.29, 1.82) is 0 Å². The molecule has 0 bridgehead atoms. The number of hydrogen-bond acceptors (Lipinski definition) is 6. The topological polar surface area (TPSA) is 92.7 Å². The van der Waals surface area contributed by atoms with Crippen LogP contribution in [0.15, 0.2) is 53.5 Å². The van der Waals surface area contributed by atoms with Crippen LogP contribution in [0.4, 0.5) is 11.6 Å². The molecule has 2 aromatic carbocycles. The van der Waals surface area contributed by atoms with Gasteiger partial charge in [-0.15, -0.1) is 0 Å². The number of aromatic nitrogens is 2. The third-order valence-electron chi connectivity index (χ3n) is 4.42. The zero-order valence-electron chi connectivity index (χ0n) is 17.5. The van der Waals surface area contributed by atoms with E-state index in [1.54, 1.807) is 6.07 Å². The van der Waals surface area contributed by atoms with Crippen LogP contribution in [0.2, 0.25) is 5.02 Å². The van der Waals surface area contributed by atoms with Crippen molar-refractivity contribution in [2.75, 3.05) is 17.4 Å². The summed E-state index contributed by atoms with van der Waals surface area (Å²) >= 11 is 11.7. The maximum Gasteiger partial charge on any atom is 0.231 e. The van der Waals surface area contributed by atoms with E-state index < -0.39 is 0 Å². The number of nitrogens with one attached hydrogen (secondary N) is 3. The molecule has 0 aliphatic carbocycles. The lowest BCUT2D eigenvalue weighted by molar-refractivity contribution is 0.174. The average Bonchev–Trinajstić information content (AvgIpc) is 3.21. The predicted molar refractivity (Wildman–Crippen MR) is 130 cm³/mol. The lowest BCUT2D eigenvalue weighted by Crippen LogP contribution is -2.39. The van der Waals surface area contributed by atoms with E-state index in [2.05, 4.69) is 30.9 Å². The molecular weight excluding hydrogens is 448 g/mol. The Balaban J connectivity index is 1.53. The van der Waals surface area contributed by atoms with Crippen LogP contribution in [0.5, 0.6) is 11.5 Å². The molecule has 3 N–H and O–H groups in total. The fourth-order valence-electron chi connectivity index (χ4n) is 3.03. The number of thiocarbonyl (C=S) groups is 1. The van der Waals surface area contributed by atoms with Gasteiger partial charge in [-0.05, 0) is 62.0 Å². The number of halogens is 1. The van der Waals surface area contributed by atoms with Crippen molar-refractivity contribution >= 4 is 46.5 Å². The van der Waals surface area contributed by atoms with E-state index in [0.717, 1.165) is 22.7 Å². The predicted octanol–water partition coefficient (Wildman–Crippen LogP) is 4.43. The van der Waals surface area contributed by atoms with Gasteiger partial charge in [-0.2, -0.15) is 0 Å². The first kappa shape index (κ1) is 21.8. The normalized spacial score (nSPS) is 12.4. The van der Waals surface area contributed by atoms with Crippen molar-refractivity contribution in [2.24, 2.45) is 4.99 Å². The second kappa shape index (κ2) is 9.80. The number of anilines is 2. The number of rotatable bonds is 4. The van der Waals surface area contributed by atoms with Gasteiger partial charge in [0.05, 0.1) is 17.3 Å². The lowest BCUT2D eigenvalue weighted by Gasteiger charge is -2.15. The summed E-state index contributed by atoms with van der Waals surface area (Å²) in [6.45, 7) is 4.40. The summed E-state index contributed by atoms with van der Waals surface area (Å²) in [7, 11) is 0. The second-order valence-electron chi connectivity index (χ2n) is 7.01. The third-order valence-corrected chi connectivity index (χ3v) is 4.96. The Hall–Kier alpha value is -3.43. The number of benzene rings is 2.